The van der Waals surface area contributed by atoms with Gasteiger partial charge in [0.2, 0.25) is 5.95 Å². The molecule has 0 aliphatic rings. The summed E-state index contributed by atoms with van der Waals surface area (Å²) in [6.07, 6.45) is 2.69. The van der Waals surface area contributed by atoms with Crippen molar-refractivity contribution in [3.8, 4) is 11.5 Å². The smallest absolute Gasteiger partial charge is 0.220 e. The van der Waals surface area contributed by atoms with Gasteiger partial charge in [0.15, 0.2) is 0 Å². The Kier molecular flexibility index (Phi) is 6.93. The molecular weight excluding hydrogens is 374 g/mol. The predicted octanol–water partition coefficient (Wildman–Crippen LogP) is 5.39. The molecule has 30 heavy (non-hydrogen) atoms. The number of anilines is 1. The second kappa shape index (κ2) is 9.61. The highest BCUT2D eigenvalue weighted by Crippen LogP contribution is 2.33. The highest BCUT2D eigenvalue weighted by atomic mass is 16.5. The van der Waals surface area contributed by atoms with Crippen LogP contribution in [0, 0.1) is 5.92 Å². The number of nitrogens with zero attached hydrogens (tertiary/aromatic N) is 2. The molecule has 2 N–H and O–H groups in total. The molecule has 0 atom stereocenters. The zero-order valence-electron chi connectivity index (χ0n) is 18.3. The van der Waals surface area contributed by atoms with Crippen LogP contribution < -0.4 is 15.2 Å². The maximum atomic E-state index is 5.84. The monoisotopic (exact) mass is 405 g/mol. The van der Waals surface area contributed by atoms with Crippen molar-refractivity contribution in [1.29, 1.82) is 0 Å². The number of ether oxygens (including phenoxy) is 2. The summed E-state index contributed by atoms with van der Waals surface area (Å²) in [5.74, 6) is 2.61. The van der Waals surface area contributed by atoms with Gasteiger partial charge in [0.25, 0.3) is 0 Å². The fraction of sp³-hybridized carbons (Fsp3) is 0.360. The van der Waals surface area contributed by atoms with Crippen molar-refractivity contribution in [3.63, 3.8) is 0 Å². The Morgan fingerprint density at radius 2 is 1.43 bits per heavy atom. The Hall–Kier alpha value is -3.08. The van der Waals surface area contributed by atoms with E-state index in [0.717, 1.165) is 30.2 Å². The lowest BCUT2D eigenvalue weighted by Crippen LogP contribution is -2.18. The van der Waals surface area contributed by atoms with E-state index in [-0.39, 0.29) is 11.4 Å². The summed E-state index contributed by atoms with van der Waals surface area (Å²) in [6, 6.07) is 18.4. The first-order valence-electron chi connectivity index (χ1n) is 10.4. The maximum Gasteiger partial charge on any atom is 0.220 e. The van der Waals surface area contributed by atoms with Gasteiger partial charge in [-0.2, -0.15) is 0 Å². The van der Waals surface area contributed by atoms with E-state index in [1.807, 2.05) is 12.1 Å². The van der Waals surface area contributed by atoms with Crippen LogP contribution in [0.15, 0.2) is 60.8 Å². The molecule has 0 unspecified atom stereocenters. The number of nitrogens with two attached hydrogens (primary N) is 1. The van der Waals surface area contributed by atoms with Crippen LogP contribution in [-0.2, 0) is 12.0 Å². The molecule has 0 saturated carbocycles. The van der Waals surface area contributed by atoms with Gasteiger partial charge >= 0.3 is 0 Å². The van der Waals surface area contributed by atoms with E-state index < -0.39 is 0 Å². The fourth-order valence-electron chi connectivity index (χ4n) is 3.17. The number of hydrogen-bond acceptors (Lipinski definition) is 5. The van der Waals surface area contributed by atoms with E-state index in [9.17, 15) is 0 Å². The molecule has 3 rings (SSSR count). The zero-order valence-corrected chi connectivity index (χ0v) is 18.3. The van der Waals surface area contributed by atoms with Gasteiger partial charge < -0.3 is 15.2 Å². The third kappa shape index (κ3) is 5.72. The van der Waals surface area contributed by atoms with Crippen molar-refractivity contribution in [2.75, 3.05) is 12.3 Å². The van der Waals surface area contributed by atoms with Crippen LogP contribution in [0.2, 0.25) is 0 Å². The van der Waals surface area contributed by atoms with Gasteiger partial charge in [-0.05, 0) is 53.8 Å². The van der Waals surface area contributed by atoms with Crippen LogP contribution in [0.5, 0.6) is 11.5 Å². The normalized spacial score (nSPS) is 11.5. The minimum absolute atomic E-state index is 0.129. The van der Waals surface area contributed by atoms with Crippen molar-refractivity contribution in [3.05, 3.63) is 77.6 Å². The lowest BCUT2D eigenvalue weighted by molar-refractivity contribution is 0.289. The Morgan fingerprint density at radius 1 is 0.867 bits per heavy atom. The summed E-state index contributed by atoms with van der Waals surface area (Å²) in [4.78, 5) is 8.04. The third-order valence-electron chi connectivity index (χ3n) is 5.23. The first kappa shape index (κ1) is 21.6. The van der Waals surface area contributed by atoms with E-state index in [0.29, 0.717) is 12.5 Å². The molecule has 0 spiro atoms. The number of aromatic nitrogens is 2. The molecule has 0 amide bonds. The van der Waals surface area contributed by atoms with Crippen molar-refractivity contribution < 1.29 is 9.47 Å². The Bertz CT molecular complexity index is 935. The summed E-state index contributed by atoms with van der Waals surface area (Å²) in [5, 5.41) is 0. The molecule has 5 nitrogen and oxygen atoms in total. The first-order chi connectivity index (χ1) is 14.3. The molecule has 0 fully saturated rings. The van der Waals surface area contributed by atoms with Gasteiger partial charge in [-0.1, -0.05) is 52.0 Å². The first-order valence-corrected chi connectivity index (χ1v) is 10.4. The maximum absolute atomic E-state index is 5.84. The molecule has 0 saturated heterocycles. The van der Waals surface area contributed by atoms with Crippen LogP contribution in [-0.4, -0.2) is 16.6 Å². The number of nitrogen functional groups attached to an aromatic ring is 1. The second-order valence-electron chi connectivity index (χ2n) is 8.40. The van der Waals surface area contributed by atoms with Crippen molar-refractivity contribution >= 4 is 5.95 Å². The Morgan fingerprint density at radius 3 is 1.97 bits per heavy atom. The topological polar surface area (TPSA) is 70.3 Å². The van der Waals surface area contributed by atoms with Gasteiger partial charge in [-0.3, -0.25) is 0 Å². The summed E-state index contributed by atoms with van der Waals surface area (Å²) >= 11 is 0. The number of rotatable bonds is 9. The molecule has 3 aromatic rings. The van der Waals surface area contributed by atoms with Gasteiger partial charge in [0, 0.05) is 11.6 Å². The molecule has 5 heteroatoms. The molecule has 0 radical (unpaired) electrons. The highest BCUT2D eigenvalue weighted by molar-refractivity contribution is 5.41. The minimum Gasteiger partial charge on any atom is -0.494 e. The Balaban J connectivity index is 1.62. The van der Waals surface area contributed by atoms with E-state index in [1.54, 1.807) is 12.3 Å². The summed E-state index contributed by atoms with van der Waals surface area (Å²) in [7, 11) is 0. The van der Waals surface area contributed by atoms with Gasteiger partial charge in [-0.15, -0.1) is 0 Å². The van der Waals surface area contributed by atoms with Crippen LogP contribution >= 0.6 is 0 Å². The van der Waals surface area contributed by atoms with Crippen LogP contribution in [0.25, 0.3) is 0 Å². The van der Waals surface area contributed by atoms with Crippen molar-refractivity contribution in [2.24, 2.45) is 5.92 Å². The van der Waals surface area contributed by atoms with Crippen molar-refractivity contribution in [1.82, 2.24) is 9.97 Å². The van der Waals surface area contributed by atoms with Gasteiger partial charge in [0.05, 0.1) is 12.3 Å². The zero-order chi connectivity index (χ0) is 21.6. The van der Waals surface area contributed by atoms with E-state index in [2.05, 4.69) is 74.1 Å². The van der Waals surface area contributed by atoms with Crippen LogP contribution in [0.4, 0.5) is 5.95 Å². The fourth-order valence-corrected chi connectivity index (χ4v) is 3.17. The van der Waals surface area contributed by atoms with Gasteiger partial charge in [0.1, 0.15) is 18.1 Å². The quantitative estimate of drug-likeness (QED) is 0.517. The number of benzene rings is 2. The van der Waals surface area contributed by atoms with E-state index in [1.165, 1.54) is 11.1 Å². The molecular formula is C25H31N3O2. The standard InChI is InChI=1S/C25H31N3O2/c1-18(2)14-16-29-22-9-5-19(6-10-22)25(3,4)20-7-11-23(12-8-20)30-17-21-13-15-27-24(26)28-21/h5-13,15,18H,14,16-17H2,1-4H3,(H2,26,27,28). The SMILES string of the molecule is CC(C)CCOc1ccc(C(C)(C)c2ccc(OCc3ccnc(N)n3)cc2)cc1. The molecule has 0 bridgehead atoms. The molecule has 158 valence electrons. The lowest BCUT2D eigenvalue weighted by Gasteiger charge is -2.26. The summed E-state index contributed by atoms with van der Waals surface area (Å²) < 4.78 is 11.7. The highest BCUT2D eigenvalue weighted by Gasteiger charge is 2.23. The van der Waals surface area contributed by atoms with Crippen LogP contribution in [0.1, 0.15) is 50.9 Å². The summed E-state index contributed by atoms with van der Waals surface area (Å²) in [6.45, 7) is 9.97. The molecule has 0 aliphatic heterocycles. The molecule has 1 aromatic heterocycles. The second-order valence-corrected chi connectivity index (χ2v) is 8.40. The summed E-state index contributed by atoms with van der Waals surface area (Å²) in [5.41, 5.74) is 8.69. The van der Waals surface area contributed by atoms with Crippen molar-refractivity contribution in [2.45, 2.75) is 46.1 Å². The largest absolute Gasteiger partial charge is 0.494 e. The third-order valence-corrected chi connectivity index (χ3v) is 5.23. The Labute approximate surface area is 179 Å². The van der Waals surface area contributed by atoms with Crippen LogP contribution in [0.3, 0.4) is 0 Å². The van der Waals surface area contributed by atoms with Gasteiger partial charge in [-0.25, -0.2) is 9.97 Å². The predicted molar refractivity (Wildman–Crippen MR) is 121 cm³/mol. The molecule has 0 aliphatic carbocycles. The average Bonchev–Trinajstić information content (AvgIpc) is 2.73. The van der Waals surface area contributed by atoms with E-state index >= 15 is 0 Å². The minimum atomic E-state index is -0.129. The van der Waals surface area contributed by atoms with E-state index in [4.69, 9.17) is 15.2 Å². The lowest BCUT2D eigenvalue weighted by atomic mass is 9.78. The average molecular weight is 406 g/mol. The number of hydrogen-bond donors (Lipinski definition) is 1. The molecule has 1 heterocycles. The molecule has 2 aromatic carbocycles.